The van der Waals surface area contributed by atoms with Crippen LogP contribution in [0.1, 0.15) is 12.8 Å². The number of aliphatic hydroxyl groups excluding tert-OH is 1. The summed E-state index contributed by atoms with van der Waals surface area (Å²) < 4.78 is 11.3. The predicted octanol–water partition coefficient (Wildman–Crippen LogP) is 0.932. The van der Waals surface area contributed by atoms with Gasteiger partial charge in [0.15, 0.2) is 6.29 Å². The van der Waals surface area contributed by atoms with E-state index in [-0.39, 0.29) is 24.9 Å². The molecule has 2 saturated heterocycles. The summed E-state index contributed by atoms with van der Waals surface area (Å²) in [6, 6.07) is 0. The van der Waals surface area contributed by atoms with Gasteiger partial charge in [-0.2, -0.15) is 0 Å². The average Bonchev–Trinajstić information content (AvgIpc) is 2.65. The van der Waals surface area contributed by atoms with Crippen molar-refractivity contribution >= 4 is 0 Å². The van der Waals surface area contributed by atoms with Crippen molar-refractivity contribution in [1.82, 2.24) is 0 Å². The Hall–Kier alpha value is -0.380. The molecule has 3 aliphatic rings. The Bertz CT molecular complexity index is 251. The fourth-order valence-electron chi connectivity index (χ4n) is 3.09. The van der Waals surface area contributed by atoms with E-state index in [0.29, 0.717) is 11.8 Å². The van der Waals surface area contributed by atoms with Crippen molar-refractivity contribution < 1.29 is 14.6 Å². The van der Waals surface area contributed by atoms with Crippen LogP contribution >= 0.6 is 0 Å². The highest BCUT2D eigenvalue weighted by Crippen LogP contribution is 2.45. The van der Waals surface area contributed by atoms with E-state index in [4.69, 9.17) is 9.47 Å². The predicted molar refractivity (Wildman–Crippen MR) is 50.5 cm³/mol. The van der Waals surface area contributed by atoms with Gasteiger partial charge in [0.05, 0.1) is 19.3 Å². The van der Waals surface area contributed by atoms with Crippen molar-refractivity contribution in [3.63, 3.8) is 0 Å². The fraction of sp³-hybridized carbons (Fsp3) is 0.818. The molecule has 2 heterocycles. The summed E-state index contributed by atoms with van der Waals surface area (Å²) in [5.74, 6) is 1.32. The van der Waals surface area contributed by atoms with Crippen LogP contribution in [0, 0.1) is 17.8 Å². The number of aliphatic hydroxyl groups is 1. The van der Waals surface area contributed by atoms with Gasteiger partial charge in [-0.15, -0.1) is 0 Å². The van der Waals surface area contributed by atoms with E-state index in [1.807, 2.05) is 0 Å². The maximum absolute atomic E-state index is 9.37. The molecular weight excluding hydrogens is 180 g/mol. The molecule has 0 saturated carbocycles. The minimum Gasteiger partial charge on any atom is -0.396 e. The molecule has 3 nitrogen and oxygen atoms in total. The van der Waals surface area contributed by atoms with E-state index < -0.39 is 0 Å². The third-order valence-corrected chi connectivity index (χ3v) is 3.85. The molecule has 0 aromatic rings. The van der Waals surface area contributed by atoms with Crippen molar-refractivity contribution in [1.29, 1.82) is 0 Å². The van der Waals surface area contributed by atoms with Gasteiger partial charge in [-0.05, 0) is 24.7 Å². The zero-order chi connectivity index (χ0) is 9.54. The Labute approximate surface area is 83.7 Å². The second kappa shape index (κ2) is 3.33. The Morgan fingerprint density at radius 3 is 2.79 bits per heavy atom. The van der Waals surface area contributed by atoms with Crippen LogP contribution in [-0.4, -0.2) is 30.7 Å². The highest BCUT2D eigenvalue weighted by atomic mass is 16.7. The van der Waals surface area contributed by atoms with Crippen LogP contribution in [0.3, 0.4) is 0 Å². The smallest absolute Gasteiger partial charge is 0.163 e. The van der Waals surface area contributed by atoms with Gasteiger partial charge < -0.3 is 14.6 Å². The SMILES string of the molecule is OC[C@H]1[C@@H]2OC[C@@H](O2)[C@H]2CC=CC[C@@H]12. The first kappa shape index (κ1) is 8.89. The zero-order valence-corrected chi connectivity index (χ0v) is 8.13. The van der Waals surface area contributed by atoms with Crippen molar-refractivity contribution in [2.24, 2.45) is 17.8 Å². The molecule has 0 unspecified atom stereocenters. The van der Waals surface area contributed by atoms with Gasteiger partial charge in [0, 0.05) is 5.92 Å². The lowest BCUT2D eigenvalue weighted by atomic mass is 9.71. The second-order valence-electron chi connectivity index (χ2n) is 4.49. The van der Waals surface area contributed by atoms with Crippen molar-refractivity contribution in [3.05, 3.63) is 12.2 Å². The van der Waals surface area contributed by atoms with E-state index in [1.165, 1.54) is 0 Å². The van der Waals surface area contributed by atoms with Crippen LogP contribution in [0.4, 0.5) is 0 Å². The van der Waals surface area contributed by atoms with Crippen LogP contribution in [0.5, 0.6) is 0 Å². The fourth-order valence-corrected chi connectivity index (χ4v) is 3.09. The minimum absolute atomic E-state index is 0.141. The zero-order valence-electron chi connectivity index (χ0n) is 8.13. The maximum Gasteiger partial charge on any atom is 0.163 e. The van der Waals surface area contributed by atoms with E-state index in [0.717, 1.165) is 19.4 Å². The van der Waals surface area contributed by atoms with Gasteiger partial charge in [0.25, 0.3) is 0 Å². The lowest BCUT2D eigenvalue weighted by Gasteiger charge is -2.41. The molecule has 0 spiro atoms. The summed E-state index contributed by atoms with van der Waals surface area (Å²) >= 11 is 0. The Morgan fingerprint density at radius 2 is 2.00 bits per heavy atom. The second-order valence-corrected chi connectivity index (χ2v) is 4.49. The standard InChI is InChI=1S/C11H16O3/c12-5-9-7-3-1-2-4-8(7)10-6-13-11(9)14-10/h1-2,7-12H,3-6H2/t7-,8+,9-,10-,11-/m1/s1. The Balaban J connectivity index is 1.88. The minimum atomic E-state index is -0.141. The van der Waals surface area contributed by atoms with Crippen molar-refractivity contribution in [3.8, 4) is 0 Å². The molecule has 1 N–H and O–H groups in total. The van der Waals surface area contributed by atoms with Gasteiger partial charge >= 0.3 is 0 Å². The molecule has 3 heteroatoms. The Kier molecular flexibility index (Phi) is 2.11. The molecule has 2 bridgehead atoms. The summed E-state index contributed by atoms with van der Waals surface area (Å²) in [6.45, 7) is 0.905. The number of hydrogen-bond donors (Lipinski definition) is 1. The molecule has 78 valence electrons. The van der Waals surface area contributed by atoms with Crippen molar-refractivity contribution in [2.45, 2.75) is 25.2 Å². The number of allylic oxidation sites excluding steroid dienone is 2. The van der Waals surface area contributed by atoms with E-state index in [9.17, 15) is 5.11 Å². The summed E-state index contributed by atoms with van der Waals surface area (Å²) in [7, 11) is 0. The third-order valence-electron chi connectivity index (χ3n) is 3.85. The first-order valence-corrected chi connectivity index (χ1v) is 5.43. The quantitative estimate of drug-likeness (QED) is 0.634. The van der Waals surface area contributed by atoms with Crippen LogP contribution in [0.15, 0.2) is 12.2 Å². The molecule has 14 heavy (non-hydrogen) atoms. The van der Waals surface area contributed by atoms with E-state index >= 15 is 0 Å². The third kappa shape index (κ3) is 1.16. The molecular formula is C11H16O3. The number of ether oxygens (including phenoxy) is 2. The molecule has 0 radical (unpaired) electrons. The first-order chi connectivity index (χ1) is 6.90. The largest absolute Gasteiger partial charge is 0.396 e. The Morgan fingerprint density at radius 1 is 1.21 bits per heavy atom. The van der Waals surface area contributed by atoms with Gasteiger partial charge in [-0.25, -0.2) is 0 Å². The lowest BCUT2D eigenvalue weighted by Crippen LogP contribution is -2.45. The maximum atomic E-state index is 9.37. The number of hydrogen-bond acceptors (Lipinski definition) is 3. The van der Waals surface area contributed by atoms with Crippen LogP contribution in [0.25, 0.3) is 0 Å². The lowest BCUT2D eigenvalue weighted by molar-refractivity contribution is -0.172. The summed E-state index contributed by atoms with van der Waals surface area (Å²) in [5.41, 5.74) is 0. The monoisotopic (exact) mass is 196 g/mol. The number of rotatable bonds is 1. The van der Waals surface area contributed by atoms with Gasteiger partial charge in [-0.3, -0.25) is 0 Å². The molecule has 0 aromatic carbocycles. The molecule has 0 aromatic heterocycles. The molecule has 2 aliphatic heterocycles. The molecule has 5 atom stereocenters. The van der Waals surface area contributed by atoms with Crippen LogP contribution in [0.2, 0.25) is 0 Å². The van der Waals surface area contributed by atoms with E-state index in [1.54, 1.807) is 0 Å². The summed E-state index contributed by atoms with van der Waals surface area (Å²) in [6.07, 6.45) is 6.76. The molecule has 2 fully saturated rings. The average molecular weight is 196 g/mol. The van der Waals surface area contributed by atoms with Crippen molar-refractivity contribution in [2.75, 3.05) is 13.2 Å². The molecule has 0 amide bonds. The molecule has 1 aliphatic carbocycles. The van der Waals surface area contributed by atoms with Gasteiger partial charge in [0.2, 0.25) is 0 Å². The number of fused-ring (bicyclic) bond motifs is 4. The van der Waals surface area contributed by atoms with E-state index in [2.05, 4.69) is 12.2 Å². The highest BCUT2D eigenvalue weighted by Gasteiger charge is 2.49. The summed E-state index contributed by atoms with van der Waals surface area (Å²) in [4.78, 5) is 0. The van der Waals surface area contributed by atoms with Crippen LogP contribution < -0.4 is 0 Å². The molecule has 3 rings (SSSR count). The highest BCUT2D eigenvalue weighted by molar-refractivity contribution is 5.03. The van der Waals surface area contributed by atoms with Gasteiger partial charge in [-0.1, -0.05) is 12.2 Å². The van der Waals surface area contributed by atoms with Crippen LogP contribution in [-0.2, 0) is 9.47 Å². The first-order valence-electron chi connectivity index (χ1n) is 5.43. The van der Waals surface area contributed by atoms with Gasteiger partial charge in [0.1, 0.15) is 0 Å². The normalized spacial score (nSPS) is 50.5. The summed E-state index contributed by atoms with van der Waals surface area (Å²) in [5, 5.41) is 9.37. The topological polar surface area (TPSA) is 38.7 Å².